The van der Waals surface area contributed by atoms with Gasteiger partial charge in [-0.15, -0.1) is 0 Å². The third-order valence-corrected chi connectivity index (χ3v) is 2.83. The molecule has 0 bridgehead atoms. The number of carbonyl (C=O) groups excluding carboxylic acids is 1. The molecule has 1 aromatic rings. The minimum absolute atomic E-state index is 0.157. The van der Waals surface area contributed by atoms with Crippen LogP contribution in [0.25, 0.3) is 0 Å². The highest BCUT2D eigenvalue weighted by atomic mass is 16.2. The Balaban J connectivity index is 2.19. The summed E-state index contributed by atoms with van der Waals surface area (Å²) >= 11 is 0. The third-order valence-electron chi connectivity index (χ3n) is 2.83. The van der Waals surface area contributed by atoms with Crippen LogP contribution in [-0.2, 0) is 4.79 Å². The molecule has 1 heterocycles. The molecular formula is C12H17N3O. The van der Waals surface area contributed by atoms with E-state index in [9.17, 15) is 4.79 Å². The SMILES string of the molecule is CN1CCCN(c2ccc(N)cc2)C(=O)C1. The van der Waals surface area contributed by atoms with Crippen molar-refractivity contribution in [3.05, 3.63) is 24.3 Å². The summed E-state index contributed by atoms with van der Waals surface area (Å²) in [5, 5.41) is 0. The second-order valence-electron chi connectivity index (χ2n) is 4.23. The summed E-state index contributed by atoms with van der Waals surface area (Å²) in [4.78, 5) is 15.9. The van der Waals surface area contributed by atoms with Crippen LogP contribution >= 0.6 is 0 Å². The van der Waals surface area contributed by atoms with E-state index < -0.39 is 0 Å². The lowest BCUT2D eigenvalue weighted by molar-refractivity contribution is -0.118. The number of nitrogen functional groups attached to an aromatic ring is 1. The molecule has 0 aromatic heterocycles. The third kappa shape index (κ3) is 2.33. The van der Waals surface area contributed by atoms with Crippen LogP contribution in [0, 0.1) is 0 Å². The van der Waals surface area contributed by atoms with E-state index in [-0.39, 0.29) is 5.91 Å². The predicted molar refractivity (Wildman–Crippen MR) is 65.3 cm³/mol. The number of hydrogen-bond acceptors (Lipinski definition) is 3. The number of nitrogens with zero attached hydrogens (tertiary/aromatic N) is 2. The molecule has 4 nitrogen and oxygen atoms in total. The lowest BCUT2D eigenvalue weighted by Crippen LogP contribution is -2.35. The van der Waals surface area contributed by atoms with Gasteiger partial charge in [-0.25, -0.2) is 0 Å². The van der Waals surface area contributed by atoms with Gasteiger partial charge in [-0.1, -0.05) is 0 Å². The van der Waals surface area contributed by atoms with Gasteiger partial charge in [0.1, 0.15) is 0 Å². The molecular weight excluding hydrogens is 202 g/mol. The number of amides is 1. The Labute approximate surface area is 95.6 Å². The van der Waals surface area contributed by atoms with Crippen LogP contribution in [0.3, 0.4) is 0 Å². The van der Waals surface area contributed by atoms with Crippen LogP contribution in [0.15, 0.2) is 24.3 Å². The summed E-state index contributed by atoms with van der Waals surface area (Å²) < 4.78 is 0. The van der Waals surface area contributed by atoms with E-state index in [0.29, 0.717) is 6.54 Å². The zero-order chi connectivity index (χ0) is 11.5. The van der Waals surface area contributed by atoms with Gasteiger partial charge >= 0.3 is 0 Å². The largest absolute Gasteiger partial charge is 0.399 e. The average Bonchev–Trinajstić information content (AvgIpc) is 2.41. The van der Waals surface area contributed by atoms with E-state index in [1.54, 1.807) is 0 Å². The van der Waals surface area contributed by atoms with Gasteiger partial charge in [0.15, 0.2) is 0 Å². The highest BCUT2D eigenvalue weighted by molar-refractivity contribution is 5.95. The van der Waals surface area contributed by atoms with Crippen molar-refractivity contribution in [3.63, 3.8) is 0 Å². The fourth-order valence-corrected chi connectivity index (χ4v) is 1.95. The normalized spacial score (nSPS) is 18.6. The molecule has 0 atom stereocenters. The minimum atomic E-state index is 0.157. The van der Waals surface area contributed by atoms with Crippen molar-refractivity contribution in [1.82, 2.24) is 4.90 Å². The zero-order valence-electron chi connectivity index (χ0n) is 9.52. The average molecular weight is 219 g/mol. The first-order chi connectivity index (χ1) is 7.66. The Hall–Kier alpha value is -1.55. The standard InChI is InChI=1S/C12H17N3O/c1-14-7-2-8-15(12(16)9-14)11-5-3-10(13)4-6-11/h3-6H,2,7-9,13H2,1H3. The summed E-state index contributed by atoms with van der Waals surface area (Å²) in [5.74, 6) is 0.157. The summed E-state index contributed by atoms with van der Waals surface area (Å²) in [6.45, 7) is 2.24. The fourth-order valence-electron chi connectivity index (χ4n) is 1.95. The number of carbonyl (C=O) groups is 1. The van der Waals surface area contributed by atoms with Gasteiger partial charge in [-0.2, -0.15) is 0 Å². The number of anilines is 2. The molecule has 1 aliphatic heterocycles. The van der Waals surface area contributed by atoms with Crippen LogP contribution in [-0.4, -0.2) is 37.5 Å². The van der Waals surface area contributed by atoms with Gasteiger partial charge in [0, 0.05) is 24.5 Å². The maximum Gasteiger partial charge on any atom is 0.241 e. The van der Waals surface area contributed by atoms with Gasteiger partial charge in [-0.05, 0) is 37.7 Å². The molecule has 1 aliphatic rings. The molecule has 1 aromatic carbocycles. The van der Waals surface area contributed by atoms with Gasteiger partial charge in [0.25, 0.3) is 0 Å². The van der Waals surface area contributed by atoms with E-state index in [2.05, 4.69) is 4.90 Å². The first-order valence-corrected chi connectivity index (χ1v) is 5.51. The van der Waals surface area contributed by atoms with E-state index in [1.807, 2.05) is 36.2 Å². The van der Waals surface area contributed by atoms with Crippen LogP contribution in [0.5, 0.6) is 0 Å². The van der Waals surface area contributed by atoms with Crippen LogP contribution in [0.1, 0.15) is 6.42 Å². The Bertz CT molecular complexity index is 374. The van der Waals surface area contributed by atoms with E-state index in [0.717, 1.165) is 30.9 Å². The summed E-state index contributed by atoms with van der Waals surface area (Å²) in [5.41, 5.74) is 7.30. The lowest BCUT2D eigenvalue weighted by atomic mass is 10.2. The van der Waals surface area contributed by atoms with Crippen molar-refractivity contribution >= 4 is 17.3 Å². The Morgan fingerprint density at radius 1 is 1.19 bits per heavy atom. The molecule has 2 N–H and O–H groups in total. The molecule has 0 aliphatic carbocycles. The summed E-state index contributed by atoms with van der Waals surface area (Å²) in [7, 11) is 1.98. The number of benzene rings is 1. The first kappa shape index (κ1) is 11.0. The Morgan fingerprint density at radius 3 is 2.56 bits per heavy atom. The summed E-state index contributed by atoms with van der Waals surface area (Å²) in [6.07, 6.45) is 1.01. The zero-order valence-corrected chi connectivity index (χ0v) is 9.52. The van der Waals surface area contributed by atoms with Crippen LogP contribution < -0.4 is 10.6 Å². The Kier molecular flexibility index (Phi) is 3.10. The molecule has 1 saturated heterocycles. The van der Waals surface area contributed by atoms with Gasteiger partial charge < -0.3 is 10.6 Å². The molecule has 0 unspecified atom stereocenters. The van der Waals surface area contributed by atoms with Gasteiger partial charge in [0.2, 0.25) is 5.91 Å². The molecule has 1 amide bonds. The van der Waals surface area contributed by atoms with Crippen LogP contribution in [0.4, 0.5) is 11.4 Å². The molecule has 0 spiro atoms. The van der Waals surface area contributed by atoms with Crippen molar-refractivity contribution < 1.29 is 4.79 Å². The monoisotopic (exact) mass is 219 g/mol. The molecule has 0 radical (unpaired) electrons. The Morgan fingerprint density at radius 2 is 1.88 bits per heavy atom. The van der Waals surface area contributed by atoms with Crippen molar-refractivity contribution in [2.24, 2.45) is 0 Å². The molecule has 16 heavy (non-hydrogen) atoms. The molecule has 1 fully saturated rings. The fraction of sp³-hybridized carbons (Fsp3) is 0.417. The highest BCUT2D eigenvalue weighted by Crippen LogP contribution is 2.18. The van der Waals surface area contributed by atoms with Crippen molar-refractivity contribution in [3.8, 4) is 0 Å². The molecule has 4 heteroatoms. The van der Waals surface area contributed by atoms with Crippen molar-refractivity contribution in [2.75, 3.05) is 37.3 Å². The van der Waals surface area contributed by atoms with Crippen molar-refractivity contribution in [1.29, 1.82) is 0 Å². The van der Waals surface area contributed by atoms with Gasteiger partial charge in [-0.3, -0.25) is 9.69 Å². The van der Waals surface area contributed by atoms with Crippen LogP contribution in [0.2, 0.25) is 0 Å². The van der Waals surface area contributed by atoms with E-state index >= 15 is 0 Å². The smallest absolute Gasteiger partial charge is 0.241 e. The number of likely N-dealkylation sites (N-methyl/N-ethyl adjacent to an activating group) is 1. The number of nitrogens with two attached hydrogens (primary N) is 1. The van der Waals surface area contributed by atoms with E-state index in [4.69, 9.17) is 5.73 Å². The predicted octanol–water partition coefficient (Wildman–Crippen LogP) is 0.937. The molecule has 86 valence electrons. The second kappa shape index (κ2) is 4.53. The first-order valence-electron chi connectivity index (χ1n) is 5.51. The highest BCUT2D eigenvalue weighted by Gasteiger charge is 2.20. The number of hydrogen-bond donors (Lipinski definition) is 1. The lowest BCUT2D eigenvalue weighted by Gasteiger charge is -2.20. The topological polar surface area (TPSA) is 49.6 Å². The molecule has 2 rings (SSSR count). The number of rotatable bonds is 1. The van der Waals surface area contributed by atoms with Crippen molar-refractivity contribution in [2.45, 2.75) is 6.42 Å². The maximum absolute atomic E-state index is 12.0. The maximum atomic E-state index is 12.0. The molecule has 0 saturated carbocycles. The second-order valence-corrected chi connectivity index (χ2v) is 4.23. The van der Waals surface area contributed by atoms with E-state index in [1.165, 1.54) is 0 Å². The minimum Gasteiger partial charge on any atom is -0.399 e. The summed E-state index contributed by atoms with van der Waals surface area (Å²) in [6, 6.07) is 7.46. The van der Waals surface area contributed by atoms with Gasteiger partial charge in [0.05, 0.1) is 6.54 Å². The quantitative estimate of drug-likeness (QED) is 0.715.